The number of aryl methyl sites for hydroxylation is 2. The van der Waals surface area contributed by atoms with E-state index in [1.807, 2.05) is 57.2 Å². The van der Waals surface area contributed by atoms with Gasteiger partial charge in [-0.15, -0.1) is 22.7 Å². The topological polar surface area (TPSA) is 91.3 Å². The van der Waals surface area contributed by atoms with E-state index in [0.717, 1.165) is 86.6 Å². The highest BCUT2D eigenvalue weighted by Gasteiger charge is 2.23. The number of anilines is 2. The number of hydrogen-bond donors (Lipinski definition) is 0. The number of aromatic nitrogens is 2. The number of thiazole rings is 2. The monoisotopic (exact) mass is 690 g/mol. The second-order valence-electron chi connectivity index (χ2n) is 11.9. The van der Waals surface area contributed by atoms with Crippen LogP contribution in [0.3, 0.4) is 0 Å². The minimum Gasteiger partial charge on any atom is -0.380 e. The molecule has 256 valence electrons. The lowest BCUT2D eigenvalue weighted by Gasteiger charge is -2.34. The molecule has 0 radical (unpaired) electrons. The third kappa shape index (κ3) is 10.6. The molecule has 2 aromatic carbocycles. The minimum atomic E-state index is 0.242. The van der Waals surface area contributed by atoms with Gasteiger partial charge < -0.3 is 29.1 Å². The molecule has 4 aromatic rings. The Morgan fingerprint density at radius 1 is 0.625 bits per heavy atom. The van der Waals surface area contributed by atoms with Crippen LogP contribution in [0.15, 0.2) is 71.7 Å². The zero-order valence-electron chi connectivity index (χ0n) is 28.0. The fourth-order valence-corrected chi connectivity index (χ4v) is 7.33. The maximum atomic E-state index is 12.4. The first-order valence-corrected chi connectivity index (χ1v) is 18.3. The lowest BCUT2D eigenvalue weighted by atomic mass is 10.1. The molecule has 0 bridgehead atoms. The molecule has 0 N–H and O–H groups in total. The van der Waals surface area contributed by atoms with Gasteiger partial charge in [-0.25, -0.2) is 9.97 Å². The van der Waals surface area contributed by atoms with Crippen molar-refractivity contribution in [1.82, 2.24) is 19.8 Å². The van der Waals surface area contributed by atoms with Crippen LogP contribution in [0.1, 0.15) is 35.1 Å². The number of benzene rings is 2. The SMILES string of the molecule is COCc1cccc(CCC(=O)N2CCN(c3nccs3)CC2)c1.COCc1cccc(CCC(=O)N2CCN(c3nccs3)CC2)c1. The minimum absolute atomic E-state index is 0.242. The summed E-state index contributed by atoms with van der Waals surface area (Å²) >= 11 is 3.31. The van der Waals surface area contributed by atoms with Crippen molar-refractivity contribution < 1.29 is 19.1 Å². The molecule has 0 atom stereocenters. The largest absolute Gasteiger partial charge is 0.380 e. The summed E-state index contributed by atoms with van der Waals surface area (Å²) in [6.45, 7) is 7.80. The van der Waals surface area contributed by atoms with Crippen LogP contribution < -0.4 is 9.80 Å². The van der Waals surface area contributed by atoms with Crippen molar-refractivity contribution in [2.24, 2.45) is 0 Å². The Bertz CT molecular complexity index is 1420. The first-order valence-electron chi connectivity index (χ1n) is 16.5. The fraction of sp³-hybridized carbons (Fsp3) is 0.444. The smallest absolute Gasteiger partial charge is 0.223 e. The van der Waals surface area contributed by atoms with E-state index in [4.69, 9.17) is 9.47 Å². The average Bonchev–Trinajstić information content (AvgIpc) is 3.87. The van der Waals surface area contributed by atoms with Crippen LogP contribution in [0.4, 0.5) is 10.3 Å². The number of methoxy groups -OCH3 is 2. The summed E-state index contributed by atoms with van der Waals surface area (Å²) in [5, 5.41) is 6.09. The van der Waals surface area contributed by atoms with Crippen LogP contribution in [0.2, 0.25) is 0 Å². The normalized spacial score (nSPS) is 14.9. The molecule has 0 spiro atoms. The van der Waals surface area contributed by atoms with Gasteiger partial charge in [-0.05, 0) is 35.1 Å². The quantitative estimate of drug-likeness (QED) is 0.202. The summed E-state index contributed by atoms with van der Waals surface area (Å²) < 4.78 is 10.3. The van der Waals surface area contributed by atoms with E-state index >= 15 is 0 Å². The van der Waals surface area contributed by atoms with Crippen LogP contribution in [-0.4, -0.2) is 98.2 Å². The lowest BCUT2D eigenvalue weighted by molar-refractivity contribution is -0.132. The van der Waals surface area contributed by atoms with E-state index < -0.39 is 0 Å². The van der Waals surface area contributed by atoms with Gasteiger partial charge in [0.05, 0.1) is 13.2 Å². The summed E-state index contributed by atoms with van der Waals surface area (Å²) in [4.78, 5) is 42.0. The Kier molecular flexibility index (Phi) is 13.8. The highest BCUT2D eigenvalue weighted by Crippen LogP contribution is 2.21. The second kappa shape index (κ2) is 18.6. The van der Waals surface area contributed by atoms with Gasteiger partial charge in [0.2, 0.25) is 11.8 Å². The van der Waals surface area contributed by atoms with Crippen molar-refractivity contribution in [3.8, 4) is 0 Å². The highest BCUT2D eigenvalue weighted by atomic mass is 32.1. The Hall–Kier alpha value is -3.84. The molecule has 2 aliphatic heterocycles. The molecule has 2 aromatic heterocycles. The van der Waals surface area contributed by atoms with Crippen molar-refractivity contribution in [1.29, 1.82) is 0 Å². The Morgan fingerprint density at radius 3 is 1.38 bits per heavy atom. The van der Waals surface area contributed by atoms with Crippen molar-refractivity contribution >= 4 is 44.8 Å². The van der Waals surface area contributed by atoms with E-state index in [1.165, 1.54) is 11.1 Å². The van der Waals surface area contributed by atoms with Gasteiger partial charge in [0.15, 0.2) is 10.3 Å². The lowest BCUT2D eigenvalue weighted by Crippen LogP contribution is -2.48. The first kappa shape index (κ1) is 35.5. The number of carbonyl (C=O) groups is 2. The molecule has 2 amide bonds. The molecule has 0 unspecified atom stereocenters. The summed E-state index contributed by atoms with van der Waals surface area (Å²) in [7, 11) is 3.39. The van der Waals surface area contributed by atoms with Crippen molar-refractivity contribution in [2.45, 2.75) is 38.9 Å². The van der Waals surface area contributed by atoms with E-state index in [2.05, 4.69) is 44.0 Å². The molecule has 4 heterocycles. The molecule has 6 rings (SSSR count). The van der Waals surface area contributed by atoms with Crippen LogP contribution in [0.5, 0.6) is 0 Å². The van der Waals surface area contributed by atoms with Gasteiger partial charge in [0.25, 0.3) is 0 Å². The van der Waals surface area contributed by atoms with Crippen LogP contribution in [-0.2, 0) is 45.1 Å². The van der Waals surface area contributed by atoms with Gasteiger partial charge in [-0.3, -0.25) is 9.59 Å². The number of nitrogens with zero attached hydrogens (tertiary/aromatic N) is 6. The molecule has 0 saturated carbocycles. The van der Waals surface area contributed by atoms with Crippen LogP contribution in [0, 0.1) is 0 Å². The standard InChI is InChI=1S/2C18H23N3O2S/c2*1-23-14-16-4-2-3-15(13-16)5-6-17(22)20-8-10-21(11-9-20)18-19-7-12-24-18/h2*2-4,7,12-13H,5-6,8-11,14H2,1H3. The number of piperazine rings is 2. The number of carbonyl (C=O) groups excluding carboxylic acids is 2. The maximum absolute atomic E-state index is 12.4. The molecule has 48 heavy (non-hydrogen) atoms. The molecule has 2 fully saturated rings. The van der Waals surface area contributed by atoms with Crippen molar-refractivity contribution in [2.75, 3.05) is 76.4 Å². The van der Waals surface area contributed by atoms with Crippen molar-refractivity contribution in [3.63, 3.8) is 0 Å². The summed E-state index contributed by atoms with van der Waals surface area (Å²) in [6, 6.07) is 16.6. The Labute approximate surface area is 291 Å². The predicted molar refractivity (Wildman–Crippen MR) is 193 cm³/mol. The van der Waals surface area contributed by atoms with Gasteiger partial charge in [-0.1, -0.05) is 48.5 Å². The van der Waals surface area contributed by atoms with Crippen molar-refractivity contribution in [3.05, 3.63) is 93.9 Å². The summed E-state index contributed by atoms with van der Waals surface area (Å²) in [6.07, 6.45) is 6.35. The van der Waals surface area contributed by atoms with E-state index in [-0.39, 0.29) is 11.8 Å². The molecule has 0 aliphatic carbocycles. The Balaban J connectivity index is 0.000000188. The van der Waals surface area contributed by atoms with Crippen LogP contribution >= 0.6 is 22.7 Å². The summed E-state index contributed by atoms with van der Waals surface area (Å²) in [5.41, 5.74) is 4.69. The van der Waals surface area contributed by atoms with Crippen LogP contribution in [0.25, 0.3) is 0 Å². The van der Waals surface area contributed by atoms with E-state index in [9.17, 15) is 9.59 Å². The Morgan fingerprint density at radius 2 is 1.02 bits per heavy atom. The number of hydrogen-bond acceptors (Lipinski definition) is 10. The maximum Gasteiger partial charge on any atom is 0.223 e. The molecule has 2 saturated heterocycles. The zero-order valence-corrected chi connectivity index (χ0v) is 29.6. The average molecular weight is 691 g/mol. The third-order valence-electron chi connectivity index (χ3n) is 8.50. The summed E-state index contributed by atoms with van der Waals surface area (Å²) in [5.74, 6) is 0.483. The molecular formula is C36H46N6O4S2. The first-order chi connectivity index (χ1) is 23.5. The molecule has 2 aliphatic rings. The number of ether oxygens (including phenoxy) is 2. The molecule has 10 nitrogen and oxygen atoms in total. The number of amides is 2. The second-order valence-corrected chi connectivity index (χ2v) is 13.6. The van der Waals surface area contributed by atoms with E-state index in [0.29, 0.717) is 26.1 Å². The fourth-order valence-electron chi connectivity index (χ4n) is 5.94. The predicted octanol–water partition coefficient (Wildman–Crippen LogP) is 5.14. The van der Waals surface area contributed by atoms with Gasteiger partial charge in [-0.2, -0.15) is 0 Å². The number of rotatable bonds is 12. The van der Waals surface area contributed by atoms with Gasteiger partial charge >= 0.3 is 0 Å². The van der Waals surface area contributed by atoms with E-state index in [1.54, 1.807) is 36.9 Å². The van der Waals surface area contributed by atoms with Gasteiger partial charge in [0.1, 0.15) is 0 Å². The van der Waals surface area contributed by atoms with Gasteiger partial charge in [0, 0.05) is 103 Å². The molecule has 12 heteroatoms. The third-order valence-corrected chi connectivity index (χ3v) is 10.2. The highest BCUT2D eigenvalue weighted by molar-refractivity contribution is 7.13. The zero-order chi connectivity index (χ0) is 33.6. The molecular weight excluding hydrogens is 645 g/mol.